The number of aryl methyl sites for hydroxylation is 1. The molecule has 1 saturated heterocycles. The molecular formula is C18H21FN2O2. The third-order valence-electron chi connectivity index (χ3n) is 4.42. The number of aromatic amines is 1. The quantitative estimate of drug-likeness (QED) is 0.877. The van der Waals surface area contributed by atoms with Crippen LogP contribution >= 0.6 is 0 Å². The number of pyridine rings is 1. The van der Waals surface area contributed by atoms with Crippen LogP contribution in [0.15, 0.2) is 23.0 Å². The molecule has 5 heteroatoms. The Kier molecular flexibility index (Phi) is 4.46. The van der Waals surface area contributed by atoms with Crippen molar-refractivity contribution in [1.82, 2.24) is 9.88 Å². The average molecular weight is 316 g/mol. The summed E-state index contributed by atoms with van der Waals surface area (Å²) in [6.07, 6.45) is 5.39. The molecule has 1 amide bonds. The summed E-state index contributed by atoms with van der Waals surface area (Å²) in [5, 5.41) is 0.481. The molecule has 1 aromatic carbocycles. The standard InChI is InChI=1S/C18H21FN2O2/c1-12-9-13-14(11-16(22)20-17(13)15(19)10-12)18(23)21-7-5-3-2-4-6-8-21/h9-11H,2-8H2,1H3,(H,20,22). The fourth-order valence-electron chi connectivity index (χ4n) is 3.25. The molecule has 0 aliphatic carbocycles. The zero-order valence-corrected chi connectivity index (χ0v) is 13.3. The summed E-state index contributed by atoms with van der Waals surface area (Å²) < 4.78 is 14.1. The van der Waals surface area contributed by atoms with Crippen molar-refractivity contribution in [1.29, 1.82) is 0 Å². The van der Waals surface area contributed by atoms with Crippen molar-refractivity contribution >= 4 is 16.8 Å². The van der Waals surface area contributed by atoms with Crippen molar-refractivity contribution in [3.63, 3.8) is 0 Å². The zero-order valence-electron chi connectivity index (χ0n) is 13.3. The van der Waals surface area contributed by atoms with Gasteiger partial charge in [-0.1, -0.05) is 19.3 Å². The van der Waals surface area contributed by atoms with Crippen molar-refractivity contribution in [2.45, 2.75) is 39.0 Å². The number of hydrogen-bond donors (Lipinski definition) is 1. The normalized spacial score (nSPS) is 16.2. The predicted octanol–water partition coefficient (Wildman–Crippen LogP) is 3.38. The molecule has 1 aliphatic heterocycles. The first-order chi connectivity index (χ1) is 11.1. The summed E-state index contributed by atoms with van der Waals surface area (Å²) in [6.45, 7) is 3.17. The molecule has 0 bridgehead atoms. The summed E-state index contributed by atoms with van der Waals surface area (Å²) in [5.74, 6) is -0.674. The molecule has 1 N–H and O–H groups in total. The maximum absolute atomic E-state index is 14.1. The Morgan fingerprint density at radius 1 is 1.09 bits per heavy atom. The molecule has 1 aliphatic rings. The van der Waals surface area contributed by atoms with Crippen LogP contribution in [-0.4, -0.2) is 28.9 Å². The summed E-state index contributed by atoms with van der Waals surface area (Å²) in [5.41, 5.74) is 0.685. The number of fused-ring (bicyclic) bond motifs is 1. The Hall–Kier alpha value is -2.17. The third-order valence-corrected chi connectivity index (χ3v) is 4.42. The van der Waals surface area contributed by atoms with E-state index in [1.165, 1.54) is 18.6 Å². The highest BCUT2D eigenvalue weighted by atomic mass is 19.1. The monoisotopic (exact) mass is 316 g/mol. The van der Waals surface area contributed by atoms with E-state index in [2.05, 4.69) is 4.98 Å². The number of benzene rings is 1. The Bertz CT molecular complexity index is 789. The number of H-pyrrole nitrogens is 1. The molecule has 2 heterocycles. The molecule has 2 aromatic rings. The summed E-state index contributed by atoms with van der Waals surface area (Å²) in [4.78, 5) is 29.1. The first-order valence-electron chi connectivity index (χ1n) is 8.19. The Balaban J connectivity index is 2.07. The number of amides is 1. The molecule has 0 spiro atoms. The Morgan fingerprint density at radius 3 is 2.43 bits per heavy atom. The van der Waals surface area contributed by atoms with Gasteiger partial charge < -0.3 is 9.88 Å². The van der Waals surface area contributed by atoms with Crippen LogP contribution in [0, 0.1) is 12.7 Å². The van der Waals surface area contributed by atoms with Crippen LogP contribution in [0.5, 0.6) is 0 Å². The largest absolute Gasteiger partial charge is 0.339 e. The summed E-state index contributed by atoms with van der Waals surface area (Å²) in [6, 6.07) is 4.41. The number of carbonyl (C=O) groups excluding carboxylic acids is 1. The van der Waals surface area contributed by atoms with Gasteiger partial charge in [-0.2, -0.15) is 0 Å². The molecule has 0 saturated carbocycles. The van der Waals surface area contributed by atoms with Gasteiger partial charge in [-0.3, -0.25) is 9.59 Å². The summed E-state index contributed by atoms with van der Waals surface area (Å²) in [7, 11) is 0. The highest BCUT2D eigenvalue weighted by Gasteiger charge is 2.20. The van der Waals surface area contributed by atoms with E-state index in [-0.39, 0.29) is 11.4 Å². The van der Waals surface area contributed by atoms with Crippen molar-refractivity contribution in [2.75, 3.05) is 13.1 Å². The lowest BCUT2D eigenvalue weighted by molar-refractivity contribution is 0.0744. The van der Waals surface area contributed by atoms with Crippen LogP contribution in [0.1, 0.15) is 48.0 Å². The van der Waals surface area contributed by atoms with Gasteiger partial charge in [-0.25, -0.2) is 4.39 Å². The maximum Gasteiger partial charge on any atom is 0.254 e. The van der Waals surface area contributed by atoms with Crippen LogP contribution in [-0.2, 0) is 0 Å². The number of carbonyl (C=O) groups is 1. The number of hydrogen-bond acceptors (Lipinski definition) is 2. The molecule has 0 unspecified atom stereocenters. The number of halogens is 1. The van der Waals surface area contributed by atoms with Crippen LogP contribution in [0.25, 0.3) is 10.9 Å². The van der Waals surface area contributed by atoms with Gasteiger partial charge in [-0.05, 0) is 37.5 Å². The van der Waals surface area contributed by atoms with Gasteiger partial charge in [0, 0.05) is 24.5 Å². The molecule has 0 radical (unpaired) electrons. The molecular weight excluding hydrogens is 295 g/mol. The smallest absolute Gasteiger partial charge is 0.254 e. The average Bonchev–Trinajstić information content (AvgIpc) is 2.46. The second-order valence-corrected chi connectivity index (χ2v) is 6.28. The molecule has 1 fully saturated rings. The van der Waals surface area contributed by atoms with Gasteiger partial charge >= 0.3 is 0 Å². The highest BCUT2D eigenvalue weighted by molar-refractivity contribution is 6.06. The van der Waals surface area contributed by atoms with E-state index in [0.717, 1.165) is 31.2 Å². The van der Waals surface area contributed by atoms with Crippen molar-refractivity contribution < 1.29 is 9.18 Å². The number of nitrogens with zero attached hydrogens (tertiary/aromatic N) is 1. The molecule has 3 rings (SSSR count). The molecule has 4 nitrogen and oxygen atoms in total. The van der Waals surface area contributed by atoms with Crippen LogP contribution in [0.2, 0.25) is 0 Å². The van der Waals surface area contributed by atoms with Crippen LogP contribution in [0.4, 0.5) is 4.39 Å². The van der Waals surface area contributed by atoms with Crippen molar-refractivity contribution in [2.24, 2.45) is 0 Å². The molecule has 122 valence electrons. The number of nitrogens with one attached hydrogen (secondary N) is 1. The van der Waals surface area contributed by atoms with E-state index in [4.69, 9.17) is 0 Å². The fourth-order valence-corrected chi connectivity index (χ4v) is 3.25. The van der Waals surface area contributed by atoms with Gasteiger partial charge in [0.15, 0.2) is 0 Å². The first-order valence-corrected chi connectivity index (χ1v) is 8.19. The van der Waals surface area contributed by atoms with Gasteiger partial charge in [0.1, 0.15) is 5.82 Å². The SMILES string of the molecule is Cc1cc(F)c2[nH]c(=O)cc(C(=O)N3CCCCCCC3)c2c1. The minimum atomic E-state index is -0.501. The first kappa shape index (κ1) is 15.7. The second kappa shape index (κ2) is 6.52. The Morgan fingerprint density at radius 2 is 1.74 bits per heavy atom. The summed E-state index contributed by atoms with van der Waals surface area (Å²) >= 11 is 0. The van der Waals surface area contributed by atoms with Gasteiger partial charge in [0.2, 0.25) is 5.56 Å². The third kappa shape index (κ3) is 3.28. The lowest BCUT2D eigenvalue weighted by Crippen LogP contribution is -2.34. The van der Waals surface area contributed by atoms with Crippen LogP contribution < -0.4 is 5.56 Å². The number of rotatable bonds is 1. The van der Waals surface area contributed by atoms with E-state index in [1.54, 1.807) is 17.9 Å². The fraction of sp³-hybridized carbons (Fsp3) is 0.444. The van der Waals surface area contributed by atoms with Gasteiger partial charge in [-0.15, -0.1) is 0 Å². The zero-order chi connectivity index (χ0) is 16.4. The molecule has 0 atom stereocenters. The molecule has 23 heavy (non-hydrogen) atoms. The molecule has 1 aromatic heterocycles. The minimum Gasteiger partial charge on any atom is -0.339 e. The number of likely N-dealkylation sites (tertiary alicyclic amines) is 1. The topological polar surface area (TPSA) is 53.2 Å². The minimum absolute atomic E-state index is 0.110. The van der Waals surface area contributed by atoms with Crippen molar-refractivity contribution in [3.8, 4) is 0 Å². The van der Waals surface area contributed by atoms with E-state index in [1.807, 2.05) is 0 Å². The predicted molar refractivity (Wildman–Crippen MR) is 88.3 cm³/mol. The lowest BCUT2D eigenvalue weighted by Gasteiger charge is -2.25. The van der Waals surface area contributed by atoms with E-state index in [9.17, 15) is 14.0 Å². The van der Waals surface area contributed by atoms with Crippen molar-refractivity contribution in [3.05, 3.63) is 45.5 Å². The second-order valence-electron chi connectivity index (χ2n) is 6.28. The maximum atomic E-state index is 14.1. The van der Waals surface area contributed by atoms with Gasteiger partial charge in [0.25, 0.3) is 5.91 Å². The highest BCUT2D eigenvalue weighted by Crippen LogP contribution is 2.22. The lowest BCUT2D eigenvalue weighted by atomic mass is 10.0. The van der Waals surface area contributed by atoms with Crippen LogP contribution in [0.3, 0.4) is 0 Å². The van der Waals surface area contributed by atoms with E-state index < -0.39 is 11.4 Å². The van der Waals surface area contributed by atoms with Gasteiger partial charge in [0.05, 0.1) is 11.1 Å². The van der Waals surface area contributed by atoms with E-state index in [0.29, 0.717) is 24.0 Å². The Labute approximate surface area is 134 Å². The van der Waals surface area contributed by atoms with E-state index >= 15 is 0 Å². The number of aromatic nitrogens is 1.